The summed E-state index contributed by atoms with van der Waals surface area (Å²) in [5.74, 6) is 0.948. The van der Waals surface area contributed by atoms with E-state index < -0.39 is 23.4 Å². The van der Waals surface area contributed by atoms with Crippen LogP contribution in [0.4, 0.5) is 0 Å². The summed E-state index contributed by atoms with van der Waals surface area (Å²) in [4.78, 5) is 14.6. The molecule has 206 valence electrons. The number of ether oxygens (including phenoxy) is 3. The Morgan fingerprint density at radius 1 is 1.17 bits per heavy atom. The molecular weight excluding hydrogens is 440 g/mol. The van der Waals surface area contributed by atoms with Crippen molar-refractivity contribution in [1.82, 2.24) is 0 Å². The highest BCUT2D eigenvalue weighted by Crippen LogP contribution is 2.44. The highest BCUT2D eigenvalue weighted by molar-refractivity contribution is 5.89. The molecule has 0 aromatic rings. The smallest absolute Gasteiger partial charge is 0.164 e. The Morgan fingerprint density at radius 2 is 1.77 bits per heavy atom. The number of hydrogen-bond acceptors (Lipinski definition) is 5. The van der Waals surface area contributed by atoms with Crippen LogP contribution in [0.15, 0.2) is 11.6 Å². The fourth-order valence-corrected chi connectivity index (χ4v) is 5.71. The van der Waals surface area contributed by atoms with E-state index in [-0.39, 0.29) is 24.4 Å². The molecule has 0 spiro atoms. The SMILES string of the molecule is CC[C@@H](C)C(C)(CC(C)C)C(=O)C(/C=C1/COC(C)(C)OC1C(O)COC)[C@H](CC(C)C)C(C)C. The second kappa shape index (κ2) is 13.7. The molecule has 5 heteroatoms. The largest absolute Gasteiger partial charge is 0.388 e. The second-order valence-electron chi connectivity index (χ2n) is 12.7. The van der Waals surface area contributed by atoms with E-state index in [1.165, 1.54) is 0 Å². The fraction of sp³-hybridized carbons (Fsp3) is 0.900. The van der Waals surface area contributed by atoms with Crippen molar-refractivity contribution in [1.29, 1.82) is 0 Å². The molecule has 1 N–H and O–H groups in total. The summed E-state index contributed by atoms with van der Waals surface area (Å²) < 4.78 is 17.4. The Balaban J connectivity index is 3.67. The molecule has 0 aromatic carbocycles. The zero-order chi connectivity index (χ0) is 27.1. The Kier molecular flexibility index (Phi) is 12.6. The van der Waals surface area contributed by atoms with Crippen molar-refractivity contribution in [2.75, 3.05) is 20.3 Å². The molecule has 1 rings (SSSR count). The third-order valence-corrected chi connectivity index (χ3v) is 7.90. The van der Waals surface area contributed by atoms with Crippen LogP contribution in [0.25, 0.3) is 0 Å². The summed E-state index contributed by atoms with van der Waals surface area (Å²) in [6.45, 7) is 24.1. The van der Waals surface area contributed by atoms with Gasteiger partial charge in [-0.05, 0) is 61.9 Å². The number of Topliss-reactive ketones (excluding diaryl/α,β-unsaturated/α-hetero) is 1. The highest BCUT2D eigenvalue weighted by atomic mass is 16.7. The minimum absolute atomic E-state index is 0.161. The lowest BCUT2D eigenvalue weighted by Crippen LogP contribution is -2.49. The Hall–Kier alpha value is -0.750. The molecule has 1 aliphatic rings. The van der Waals surface area contributed by atoms with Crippen molar-refractivity contribution >= 4 is 5.78 Å². The first-order valence-electron chi connectivity index (χ1n) is 13.8. The van der Waals surface area contributed by atoms with Gasteiger partial charge in [0.1, 0.15) is 18.0 Å². The molecule has 6 atom stereocenters. The molecule has 1 fully saturated rings. The van der Waals surface area contributed by atoms with E-state index in [9.17, 15) is 9.90 Å². The average Bonchev–Trinajstić information content (AvgIpc) is 2.74. The predicted octanol–water partition coefficient (Wildman–Crippen LogP) is 6.67. The van der Waals surface area contributed by atoms with Gasteiger partial charge in [-0.2, -0.15) is 0 Å². The summed E-state index contributed by atoms with van der Waals surface area (Å²) in [7, 11) is 1.57. The first kappa shape index (κ1) is 32.3. The Bertz CT molecular complexity index is 680. The van der Waals surface area contributed by atoms with Gasteiger partial charge in [-0.15, -0.1) is 0 Å². The van der Waals surface area contributed by atoms with E-state index in [0.717, 1.165) is 24.8 Å². The summed E-state index contributed by atoms with van der Waals surface area (Å²) in [5, 5.41) is 10.9. The summed E-state index contributed by atoms with van der Waals surface area (Å²) in [6.07, 6.45) is 3.50. The van der Waals surface area contributed by atoms with Gasteiger partial charge in [0.2, 0.25) is 0 Å². The van der Waals surface area contributed by atoms with Gasteiger partial charge < -0.3 is 19.3 Å². The van der Waals surface area contributed by atoms with Gasteiger partial charge in [0.05, 0.1) is 13.2 Å². The van der Waals surface area contributed by atoms with Crippen LogP contribution >= 0.6 is 0 Å². The lowest BCUT2D eigenvalue weighted by Gasteiger charge is -2.43. The third kappa shape index (κ3) is 8.94. The van der Waals surface area contributed by atoms with Gasteiger partial charge in [0.25, 0.3) is 0 Å². The Morgan fingerprint density at radius 3 is 2.23 bits per heavy atom. The second-order valence-corrected chi connectivity index (χ2v) is 12.7. The summed E-state index contributed by atoms with van der Waals surface area (Å²) in [6, 6.07) is 0. The molecular formula is C30H56O5. The van der Waals surface area contributed by atoms with Crippen LogP contribution in [0, 0.1) is 40.9 Å². The quantitative estimate of drug-likeness (QED) is 0.272. The average molecular weight is 497 g/mol. The first-order valence-corrected chi connectivity index (χ1v) is 13.8. The van der Waals surface area contributed by atoms with Crippen molar-refractivity contribution in [3.8, 4) is 0 Å². The van der Waals surface area contributed by atoms with Crippen molar-refractivity contribution in [2.24, 2.45) is 40.9 Å². The maximum atomic E-state index is 14.6. The molecule has 5 nitrogen and oxygen atoms in total. The molecule has 1 saturated heterocycles. The van der Waals surface area contributed by atoms with Crippen molar-refractivity contribution in [3.63, 3.8) is 0 Å². The Labute approximate surface area is 216 Å². The van der Waals surface area contributed by atoms with Crippen LogP contribution in [0.1, 0.15) is 95.4 Å². The van der Waals surface area contributed by atoms with Crippen LogP contribution in [-0.4, -0.2) is 49.2 Å². The number of aliphatic hydroxyl groups excluding tert-OH is 1. The topological polar surface area (TPSA) is 65.0 Å². The highest BCUT2D eigenvalue weighted by Gasteiger charge is 2.45. The molecule has 4 unspecified atom stereocenters. The number of carbonyl (C=O) groups excluding carboxylic acids is 1. The molecule has 0 radical (unpaired) electrons. The van der Waals surface area contributed by atoms with Crippen LogP contribution < -0.4 is 0 Å². The minimum Gasteiger partial charge on any atom is -0.388 e. The van der Waals surface area contributed by atoms with Crippen molar-refractivity contribution < 1.29 is 24.1 Å². The van der Waals surface area contributed by atoms with E-state index in [4.69, 9.17) is 14.2 Å². The summed E-state index contributed by atoms with van der Waals surface area (Å²) >= 11 is 0. The zero-order valence-corrected chi connectivity index (χ0v) is 24.8. The first-order chi connectivity index (χ1) is 16.1. The van der Waals surface area contributed by atoms with Crippen LogP contribution in [0.2, 0.25) is 0 Å². The van der Waals surface area contributed by atoms with E-state index >= 15 is 0 Å². The number of ketones is 1. The van der Waals surface area contributed by atoms with Gasteiger partial charge >= 0.3 is 0 Å². The van der Waals surface area contributed by atoms with E-state index in [0.29, 0.717) is 30.1 Å². The van der Waals surface area contributed by atoms with Gasteiger partial charge in [-0.25, -0.2) is 0 Å². The monoisotopic (exact) mass is 496 g/mol. The number of allylic oxidation sites excluding steroid dienone is 1. The van der Waals surface area contributed by atoms with Gasteiger partial charge in [0, 0.05) is 18.4 Å². The molecule has 1 heterocycles. The predicted molar refractivity (Wildman–Crippen MR) is 144 cm³/mol. The minimum atomic E-state index is -0.829. The van der Waals surface area contributed by atoms with E-state index in [1.54, 1.807) is 7.11 Å². The zero-order valence-electron chi connectivity index (χ0n) is 24.8. The van der Waals surface area contributed by atoms with E-state index in [2.05, 4.69) is 68.4 Å². The normalized spacial score (nSPS) is 25.0. The van der Waals surface area contributed by atoms with Crippen LogP contribution in [-0.2, 0) is 19.0 Å². The fourth-order valence-electron chi connectivity index (χ4n) is 5.71. The molecule has 1 aliphatic heterocycles. The lowest BCUT2D eigenvalue weighted by molar-refractivity contribution is -0.269. The summed E-state index contributed by atoms with van der Waals surface area (Å²) in [5.41, 5.74) is 0.420. The van der Waals surface area contributed by atoms with Gasteiger partial charge in [-0.1, -0.05) is 74.8 Å². The number of carbonyl (C=O) groups is 1. The maximum absolute atomic E-state index is 14.6. The molecule has 0 amide bonds. The molecule has 0 aromatic heterocycles. The third-order valence-electron chi connectivity index (χ3n) is 7.90. The maximum Gasteiger partial charge on any atom is 0.164 e. The molecule has 0 bridgehead atoms. The van der Waals surface area contributed by atoms with E-state index in [1.807, 2.05) is 13.8 Å². The van der Waals surface area contributed by atoms with Crippen LogP contribution in [0.5, 0.6) is 0 Å². The van der Waals surface area contributed by atoms with Crippen molar-refractivity contribution in [3.05, 3.63) is 11.6 Å². The standard InChI is InChI=1S/C30H56O5/c1-13-22(8)30(11,16-20(4)5)28(32)25(24(21(6)7)14-19(2)3)15-23-17-34-29(9,10)35-27(23)26(31)18-33-12/h15,19-22,24-27,31H,13-14,16-18H2,1-12H3/b23-15-/t22-,24-,25?,26?,27?,30?/m1/s1. The van der Waals surface area contributed by atoms with Gasteiger partial charge in [-0.3, -0.25) is 4.79 Å². The van der Waals surface area contributed by atoms with Gasteiger partial charge in [0.15, 0.2) is 5.79 Å². The molecule has 35 heavy (non-hydrogen) atoms. The molecule has 0 saturated carbocycles. The number of aliphatic hydroxyl groups is 1. The number of rotatable bonds is 14. The number of methoxy groups -OCH3 is 1. The molecule has 0 aliphatic carbocycles. The number of hydrogen-bond donors (Lipinski definition) is 1. The van der Waals surface area contributed by atoms with Crippen LogP contribution in [0.3, 0.4) is 0 Å². The van der Waals surface area contributed by atoms with Crippen molar-refractivity contribution in [2.45, 2.75) is 113 Å². The lowest BCUT2D eigenvalue weighted by atomic mass is 9.62.